The van der Waals surface area contributed by atoms with Crippen molar-refractivity contribution in [2.24, 2.45) is 5.92 Å². The number of aromatic nitrogens is 5. The molecule has 200 valence electrons. The molecule has 0 aliphatic rings. The Morgan fingerprint density at radius 1 is 0.950 bits per heavy atom. The van der Waals surface area contributed by atoms with Gasteiger partial charge in [-0.25, -0.2) is 4.68 Å². The average molecular weight is 548 g/mol. The number of ether oxygens (including phenoxy) is 1. The average Bonchev–Trinajstić information content (AvgIpc) is 3.64. The molecule has 0 fully saturated rings. The minimum atomic E-state index is -0.196. The molecule has 40 heavy (non-hydrogen) atoms. The van der Waals surface area contributed by atoms with Crippen molar-refractivity contribution in [3.8, 4) is 34.1 Å². The van der Waals surface area contributed by atoms with Crippen LogP contribution in [0.25, 0.3) is 39.4 Å². The normalized spacial score (nSPS) is 12.1. The Morgan fingerprint density at radius 2 is 1.70 bits per heavy atom. The number of benzene rings is 3. The Hall–Kier alpha value is -4.56. The highest BCUT2D eigenvalue weighted by atomic mass is 32.1. The summed E-state index contributed by atoms with van der Waals surface area (Å²) in [4.78, 5) is 18.6. The van der Waals surface area contributed by atoms with Crippen LogP contribution in [0.1, 0.15) is 30.5 Å². The lowest BCUT2D eigenvalue weighted by Gasteiger charge is -2.12. The quantitative estimate of drug-likeness (QED) is 0.250. The third-order valence-electron chi connectivity index (χ3n) is 6.56. The zero-order chi connectivity index (χ0) is 27.8. The minimum absolute atomic E-state index is 0.196. The molecule has 0 saturated carbocycles. The van der Waals surface area contributed by atoms with Crippen molar-refractivity contribution in [2.75, 3.05) is 6.61 Å². The van der Waals surface area contributed by atoms with Crippen molar-refractivity contribution in [3.05, 3.63) is 111 Å². The fourth-order valence-electron chi connectivity index (χ4n) is 4.45. The molecule has 3 aromatic carbocycles. The number of nitrogens with zero attached hydrogens (tertiary/aromatic N) is 5. The summed E-state index contributed by atoms with van der Waals surface area (Å²) in [5, 5.41) is 9.44. The van der Waals surface area contributed by atoms with Gasteiger partial charge in [0.25, 0.3) is 5.56 Å². The number of rotatable bonds is 7. The Balaban J connectivity index is 1.44. The van der Waals surface area contributed by atoms with Crippen LogP contribution in [0.2, 0.25) is 0 Å². The van der Waals surface area contributed by atoms with Gasteiger partial charge >= 0.3 is 0 Å². The number of fused-ring (bicyclic) bond motifs is 1. The summed E-state index contributed by atoms with van der Waals surface area (Å²) in [6, 6.07) is 24.0. The molecule has 8 heteroatoms. The molecule has 0 bridgehead atoms. The molecule has 0 aliphatic heterocycles. The molecule has 0 unspecified atom stereocenters. The Morgan fingerprint density at radius 3 is 2.40 bits per heavy atom. The van der Waals surface area contributed by atoms with Crippen LogP contribution in [0.15, 0.2) is 83.8 Å². The van der Waals surface area contributed by atoms with Gasteiger partial charge in [-0.3, -0.25) is 4.79 Å². The van der Waals surface area contributed by atoms with Crippen LogP contribution in [0, 0.1) is 19.8 Å². The Bertz CT molecular complexity index is 1920. The molecular formula is C32H29N5O2S. The smallest absolute Gasteiger partial charge is 0.291 e. The van der Waals surface area contributed by atoms with Crippen molar-refractivity contribution < 1.29 is 4.74 Å². The van der Waals surface area contributed by atoms with Gasteiger partial charge in [-0.15, -0.1) is 5.10 Å². The van der Waals surface area contributed by atoms with Crippen molar-refractivity contribution in [2.45, 2.75) is 27.7 Å². The summed E-state index contributed by atoms with van der Waals surface area (Å²) in [6.45, 7) is 9.00. The van der Waals surface area contributed by atoms with E-state index < -0.39 is 0 Å². The molecule has 0 amide bonds. The molecule has 0 saturated heterocycles. The third kappa shape index (κ3) is 5.05. The molecule has 6 rings (SSSR count). The Kier molecular flexibility index (Phi) is 6.77. The molecule has 7 nitrogen and oxygen atoms in total. The molecule has 0 N–H and O–H groups in total. The maximum Gasteiger partial charge on any atom is 0.291 e. The van der Waals surface area contributed by atoms with E-state index in [4.69, 9.17) is 9.84 Å². The fraction of sp³-hybridized carbons (Fsp3) is 0.188. The number of thiazole rings is 1. The van der Waals surface area contributed by atoms with Crippen LogP contribution in [0.5, 0.6) is 5.75 Å². The van der Waals surface area contributed by atoms with Crippen LogP contribution < -0.4 is 14.8 Å². The summed E-state index contributed by atoms with van der Waals surface area (Å²) in [5.41, 5.74) is 6.37. The second-order valence-corrected chi connectivity index (χ2v) is 11.3. The summed E-state index contributed by atoms with van der Waals surface area (Å²) in [6.07, 6.45) is 3.84. The highest BCUT2D eigenvalue weighted by Crippen LogP contribution is 2.29. The van der Waals surface area contributed by atoms with Crippen LogP contribution in [0.3, 0.4) is 0 Å². The standard InChI is InChI=1S/C32H29N5O2S/c1-20(2)19-39-27-15-14-24(16-22(27)4)29-25(18-36(34-29)26-8-6-5-7-9-26)17-28-31(38)37-32(40-28)33-30(35-37)23-12-10-21(3)11-13-23/h5-18,20H,19H2,1-4H3/b28-17-. The first-order valence-electron chi connectivity index (χ1n) is 13.2. The van der Waals surface area contributed by atoms with Gasteiger partial charge in [0.2, 0.25) is 4.96 Å². The SMILES string of the molecule is Cc1ccc(-c2nc3s/c(=C\c4cn(-c5ccccc5)nc4-c4ccc(OCC(C)C)c(C)c4)c(=O)n3n2)cc1. The summed E-state index contributed by atoms with van der Waals surface area (Å²) in [5.74, 6) is 1.85. The maximum absolute atomic E-state index is 13.4. The van der Waals surface area contributed by atoms with Crippen LogP contribution in [-0.4, -0.2) is 31.0 Å². The van der Waals surface area contributed by atoms with Gasteiger partial charge in [-0.1, -0.05) is 73.2 Å². The molecule has 0 atom stereocenters. The number of hydrogen-bond acceptors (Lipinski definition) is 6. The topological polar surface area (TPSA) is 74.3 Å². The highest BCUT2D eigenvalue weighted by molar-refractivity contribution is 7.15. The van der Waals surface area contributed by atoms with Gasteiger partial charge in [0.15, 0.2) is 5.82 Å². The third-order valence-corrected chi connectivity index (χ3v) is 7.52. The van der Waals surface area contributed by atoms with Crippen LogP contribution in [-0.2, 0) is 0 Å². The van der Waals surface area contributed by atoms with Gasteiger partial charge in [0.1, 0.15) is 11.4 Å². The van der Waals surface area contributed by atoms with Gasteiger partial charge < -0.3 is 4.74 Å². The molecule has 3 heterocycles. The predicted octanol–water partition coefficient (Wildman–Crippen LogP) is 5.87. The summed E-state index contributed by atoms with van der Waals surface area (Å²) in [7, 11) is 0. The first-order chi connectivity index (χ1) is 19.4. The van der Waals surface area contributed by atoms with Crippen molar-refractivity contribution in [1.29, 1.82) is 0 Å². The lowest BCUT2D eigenvalue weighted by molar-refractivity contribution is 0.269. The first-order valence-corrected chi connectivity index (χ1v) is 14.0. The zero-order valence-corrected chi connectivity index (χ0v) is 23.6. The molecule has 0 spiro atoms. The summed E-state index contributed by atoms with van der Waals surface area (Å²) < 4.78 is 9.77. The second kappa shape index (κ2) is 10.5. The van der Waals surface area contributed by atoms with Crippen molar-refractivity contribution in [3.63, 3.8) is 0 Å². The monoisotopic (exact) mass is 547 g/mol. The zero-order valence-electron chi connectivity index (χ0n) is 22.8. The van der Waals surface area contributed by atoms with E-state index in [0.29, 0.717) is 27.8 Å². The van der Waals surface area contributed by atoms with Gasteiger partial charge in [-0.2, -0.15) is 14.6 Å². The number of aryl methyl sites for hydroxylation is 2. The van der Waals surface area contributed by atoms with E-state index in [-0.39, 0.29) is 5.56 Å². The van der Waals surface area contributed by atoms with Gasteiger partial charge in [-0.05, 0) is 61.7 Å². The lowest BCUT2D eigenvalue weighted by Crippen LogP contribution is -2.23. The fourth-order valence-corrected chi connectivity index (χ4v) is 5.34. The molecule has 0 radical (unpaired) electrons. The molecular weight excluding hydrogens is 518 g/mol. The van der Waals surface area contributed by atoms with E-state index in [2.05, 4.69) is 30.0 Å². The van der Waals surface area contributed by atoms with Crippen LogP contribution >= 0.6 is 11.3 Å². The van der Waals surface area contributed by atoms with Crippen molar-refractivity contribution in [1.82, 2.24) is 24.4 Å². The molecule has 0 aliphatic carbocycles. The van der Waals surface area contributed by atoms with E-state index in [1.54, 1.807) is 0 Å². The van der Waals surface area contributed by atoms with Gasteiger partial charge in [0.05, 0.1) is 16.8 Å². The number of para-hydroxylation sites is 1. The first kappa shape index (κ1) is 25.7. The van der Waals surface area contributed by atoms with E-state index in [9.17, 15) is 4.79 Å². The van der Waals surface area contributed by atoms with E-state index >= 15 is 0 Å². The molecule has 6 aromatic rings. The summed E-state index contributed by atoms with van der Waals surface area (Å²) >= 11 is 1.33. The Labute approximate surface area is 236 Å². The predicted molar refractivity (Wildman–Crippen MR) is 160 cm³/mol. The maximum atomic E-state index is 13.4. The molecule has 3 aromatic heterocycles. The number of hydrogen-bond donors (Lipinski definition) is 0. The largest absolute Gasteiger partial charge is 0.493 e. The van der Waals surface area contributed by atoms with Crippen molar-refractivity contribution >= 4 is 22.4 Å². The van der Waals surface area contributed by atoms with E-state index in [1.165, 1.54) is 15.9 Å². The second-order valence-electron chi connectivity index (χ2n) is 10.3. The minimum Gasteiger partial charge on any atom is -0.493 e. The van der Waals surface area contributed by atoms with E-state index in [0.717, 1.165) is 44.9 Å². The lowest BCUT2D eigenvalue weighted by atomic mass is 10.0. The highest BCUT2D eigenvalue weighted by Gasteiger charge is 2.16. The van der Waals surface area contributed by atoms with Gasteiger partial charge in [0, 0.05) is 22.9 Å². The van der Waals surface area contributed by atoms with Crippen LogP contribution in [0.4, 0.5) is 0 Å². The van der Waals surface area contributed by atoms with E-state index in [1.807, 2.05) is 97.5 Å².